The second kappa shape index (κ2) is 5.24. The Morgan fingerprint density at radius 3 is 2.52 bits per heavy atom. The van der Waals surface area contributed by atoms with E-state index in [-0.39, 0.29) is 18.0 Å². The molecule has 0 bridgehead atoms. The number of amides is 3. The van der Waals surface area contributed by atoms with E-state index < -0.39 is 11.8 Å². The molecule has 4 N–H and O–H groups in total. The number of fused-ring (bicyclic) bond motifs is 3. The Morgan fingerprint density at radius 2 is 1.87 bits per heavy atom. The van der Waals surface area contributed by atoms with Crippen LogP contribution in [0.5, 0.6) is 0 Å². The van der Waals surface area contributed by atoms with Crippen molar-refractivity contribution in [2.24, 2.45) is 11.5 Å². The van der Waals surface area contributed by atoms with Crippen LogP contribution in [0.2, 0.25) is 0 Å². The highest BCUT2D eigenvalue weighted by Gasteiger charge is 2.29. The summed E-state index contributed by atoms with van der Waals surface area (Å²) in [6.07, 6.45) is 0. The van der Waals surface area contributed by atoms with Gasteiger partial charge in [-0.3, -0.25) is 14.4 Å². The number of hydrogen-bond donors (Lipinski definition) is 2. The van der Waals surface area contributed by atoms with Crippen molar-refractivity contribution in [2.45, 2.75) is 6.54 Å². The minimum absolute atomic E-state index is 0.0832. The minimum Gasteiger partial charge on any atom is -0.366 e. The Hall–Kier alpha value is -3.15. The zero-order valence-electron chi connectivity index (χ0n) is 12.3. The monoisotopic (exact) mass is 309 g/mol. The van der Waals surface area contributed by atoms with Gasteiger partial charge in [0.15, 0.2) is 0 Å². The van der Waals surface area contributed by atoms with Crippen LogP contribution in [0.25, 0.3) is 10.8 Å². The van der Waals surface area contributed by atoms with E-state index in [0.717, 1.165) is 16.3 Å². The molecule has 3 rings (SSSR count). The molecule has 0 aliphatic carbocycles. The molecule has 1 aliphatic rings. The van der Waals surface area contributed by atoms with Gasteiger partial charge in [-0.05, 0) is 34.5 Å². The highest BCUT2D eigenvalue weighted by atomic mass is 16.2. The lowest BCUT2D eigenvalue weighted by Crippen LogP contribution is -2.30. The van der Waals surface area contributed by atoms with Crippen LogP contribution in [0, 0.1) is 0 Å². The van der Waals surface area contributed by atoms with Crippen molar-refractivity contribution < 1.29 is 14.4 Å². The predicted molar refractivity (Wildman–Crippen MR) is 85.5 cm³/mol. The highest BCUT2D eigenvalue weighted by molar-refractivity contribution is 6.06. The van der Waals surface area contributed by atoms with Gasteiger partial charge in [0.05, 0.1) is 6.54 Å². The lowest BCUT2D eigenvalue weighted by atomic mass is 9.99. The van der Waals surface area contributed by atoms with Crippen molar-refractivity contribution in [1.29, 1.82) is 0 Å². The molecule has 2 aromatic carbocycles. The Labute approximate surface area is 132 Å². The van der Waals surface area contributed by atoms with Crippen molar-refractivity contribution in [3.05, 3.63) is 59.2 Å². The maximum absolute atomic E-state index is 12.5. The van der Waals surface area contributed by atoms with Gasteiger partial charge in [-0.25, -0.2) is 0 Å². The molecular weight excluding hydrogens is 294 g/mol. The molecule has 0 saturated carbocycles. The summed E-state index contributed by atoms with van der Waals surface area (Å²) in [5.74, 6) is -1.34. The van der Waals surface area contributed by atoms with E-state index >= 15 is 0 Å². The van der Waals surface area contributed by atoms with E-state index in [1.165, 1.54) is 4.90 Å². The van der Waals surface area contributed by atoms with Gasteiger partial charge in [-0.15, -0.1) is 0 Å². The van der Waals surface area contributed by atoms with Crippen molar-refractivity contribution in [3.63, 3.8) is 0 Å². The van der Waals surface area contributed by atoms with Crippen molar-refractivity contribution in [2.75, 3.05) is 6.54 Å². The van der Waals surface area contributed by atoms with Crippen LogP contribution in [0.1, 0.15) is 26.3 Å². The smallest absolute Gasteiger partial charge is 0.254 e. The zero-order chi connectivity index (χ0) is 16.7. The lowest BCUT2D eigenvalue weighted by molar-refractivity contribution is -0.114. The van der Waals surface area contributed by atoms with E-state index in [1.807, 2.05) is 6.07 Å². The van der Waals surface area contributed by atoms with Gasteiger partial charge in [0.1, 0.15) is 0 Å². The second-order valence-corrected chi connectivity index (χ2v) is 5.52. The lowest BCUT2D eigenvalue weighted by Gasteiger charge is -2.15. The summed E-state index contributed by atoms with van der Waals surface area (Å²) in [4.78, 5) is 36.5. The first kappa shape index (κ1) is 14.8. The predicted octanol–water partition coefficient (Wildman–Crippen LogP) is 0.936. The van der Waals surface area contributed by atoms with Gasteiger partial charge >= 0.3 is 0 Å². The van der Waals surface area contributed by atoms with Gasteiger partial charge in [-0.1, -0.05) is 18.7 Å². The SMILES string of the molecule is C=C(CN1Cc2c(ccc3ccc(C(N)=O)cc23)C1=O)C(N)=O. The standard InChI is InChI=1S/C17H15N3O3/c1-9(15(18)21)7-20-8-14-12(17(20)23)5-4-10-2-3-11(16(19)22)6-13(10)14/h2-6H,1,7-8H2,(H2,18,21)(H2,19,22). The van der Waals surface area contributed by atoms with Crippen molar-refractivity contribution >= 4 is 28.5 Å². The van der Waals surface area contributed by atoms with E-state index in [4.69, 9.17) is 11.5 Å². The molecule has 0 fully saturated rings. The van der Waals surface area contributed by atoms with Gasteiger partial charge in [0.25, 0.3) is 5.91 Å². The first-order valence-corrected chi connectivity index (χ1v) is 7.01. The Morgan fingerprint density at radius 1 is 1.17 bits per heavy atom. The fourth-order valence-electron chi connectivity index (χ4n) is 2.77. The molecule has 1 aliphatic heterocycles. The number of primary amides is 2. The molecule has 2 aromatic rings. The fourth-order valence-corrected chi connectivity index (χ4v) is 2.77. The molecule has 6 heteroatoms. The second-order valence-electron chi connectivity index (χ2n) is 5.52. The van der Waals surface area contributed by atoms with Gasteiger partial charge in [0, 0.05) is 23.2 Å². The quantitative estimate of drug-likeness (QED) is 0.821. The van der Waals surface area contributed by atoms with Crippen LogP contribution in [0.4, 0.5) is 0 Å². The number of carbonyl (C=O) groups excluding carboxylic acids is 3. The largest absolute Gasteiger partial charge is 0.366 e. The molecule has 23 heavy (non-hydrogen) atoms. The van der Waals surface area contributed by atoms with Crippen molar-refractivity contribution in [1.82, 2.24) is 4.90 Å². The Balaban J connectivity index is 2.05. The topological polar surface area (TPSA) is 106 Å². The van der Waals surface area contributed by atoms with Gasteiger partial charge in [0.2, 0.25) is 11.8 Å². The first-order chi connectivity index (χ1) is 10.9. The molecule has 0 unspecified atom stereocenters. The van der Waals surface area contributed by atoms with E-state index in [9.17, 15) is 14.4 Å². The normalized spacial score (nSPS) is 13.2. The summed E-state index contributed by atoms with van der Waals surface area (Å²) in [7, 11) is 0. The average Bonchev–Trinajstić information content (AvgIpc) is 2.83. The average molecular weight is 309 g/mol. The summed E-state index contributed by atoms with van der Waals surface area (Å²) in [5, 5.41) is 1.72. The molecule has 3 amide bonds. The molecule has 0 saturated heterocycles. The van der Waals surface area contributed by atoms with E-state index in [2.05, 4.69) is 6.58 Å². The van der Waals surface area contributed by atoms with Crippen LogP contribution in [0.3, 0.4) is 0 Å². The van der Waals surface area contributed by atoms with Crippen LogP contribution in [-0.4, -0.2) is 29.2 Å². The Bertz CT molecular complexity index is 886. The van der Waals surface area contributed by atoms with Crippen LogP contribution in [-0.2, 0) is 11.3 Å². The van der Waals surface area contributed by atoms with E-state index in [0.29, 0.717) is 17.7 Å². The molecule has 0 spiro atoms. The third kappa shape index (κ3) is 2.44. The summed E-state index contributed by atoms with van der Waals surface area (Å²) in [5.41, 5.74) is 12.4. The Kier molecular flexibility index (Phi) is 3.37. The highest BCUT2D eigenvalue weighted by Crippen LogP contribution is 2.31. The van der Waals surface area contributed by atoms with Crippen molar-refractivity contribution in [3.8, 4) is 0 Å². The molecule has 6 nitrogen and oxygen atoms in total. The molecule has 0 aromatic heterocycles. The summed E-state index contributed by atoms with van der Waals surface area (Å²) in [6.45, 7) is 4.00. The number of benzene rings is 2. The number of hydrogen-bond acceptors (Lipinski definition) is 3. The molecule has 0 radical (unpaired) electrons. The molecule has 116 valence electrons. The summed E-state index contributed by atoms with van der Waals surface area (Å²) >= 11 is 0. The van der Waals surface area contributed by atoms with Crippen LogP contribution >= 0.6 is 0 Å². The third-order valence-corrected chi connectivity index (χ3v) is 4.01. The van der Waals surface area contributed by atoms with Gasteiger partial charge < -0.3 is 16.4 Å². The summed E-state index contributed by atoms with van der Waals surface area (Å²) in [6, 6.07) is 8.71. The summed E-state index contributed by atoms with van der Waals surface area (Å²) < 4.78 is 0. The molecule has 1 heterocycles. The maximum atomic E-state index is 12.5. The number of nitrogens with two attached hydrogens (primary N) is 2. The molecular formula is C17H15N3O3. The van der Waals surface area contributed by atoms with Gasteiger partial charge in [-0.2, -0.15) is 0 Å². The van der Waals surface area contributed by atoms with E-state index in [1.54, 1.807) is 24.3 Å². The fraction of sp³-hybridized carbons (Fsp3) is 0.118. The zero-order valence-corrected chi connectivity index (χ0v) is 12.3. The molecule has 0 atom stereocenters. The third-order valence-electron chi connectivity index (χ3n) is 4.01. The first-order valence-electron chi connectivity index (χ1n) is 7.01. The number of nitrogens with zero attached hydrogens (tertiary/aromatic N) is 1. The van der Waals surface area contributed by atoms with Crippen LogP contribution in [0.15, 0.2) is 42.5 Å². The maximum Gasteiger partial charge on any atom is 0.254 e. The number of carbonyl (C=O) groups is 3. The number of rotatable bonds is 4. The minimum atomic E-state index is -0.630. The van der Waals surface area contributed by atoms with Crippen LogP contribution < -0.4 is 11.5 Å².